The third-order valence-corrected chi connectivity index (χ3v) is 5.18. The van der Waals surface area contributed by atoms with Crippen molar-refractivity contribution in [3.8, 4) is 5.75 Å². The molecule has 5 nitrogen and oxygen atoms in total. The van der Waals surface area contributed by atoms with E-state index in [2.05, 4.69) is 52.8 Å². The number of rotatable bonds is 4. The van der Waals surface area contributed by atoms with Crippen LogP contribution in [0.4, 0.5) is 0 Å². The number of piperidine rings is 1. The molecule has 132 valence electrons. The second kappa shape index (κ2) is 6.56. The van der Waals surface area contributed by atoms with Crippen molar-refractivity contribution < 1.29 is 4.74 Å². The lowest BCUT2D eigenvalue weighted by atomic mass is 9.97. The normalized spacial score (nSPS) is 18.8. The Morgan fingerprint density at radius 3 is 2.96 bits per heavy atom. The average Bonchev–Trinajstić information content (AvgIpc) is 3.16. The molecular formula is C20H26N4O. The third kappa shape index (κ3) is 3.29. The van der Waals surface area contributed by atoms with Crippen molar-refractivity contribution in [2.45, 2.75) is 32.2 Å². The van der Waals surface area contributed by atoms with Crippen LogP contribution >= 0.6 is 0 Å². The Labute approximate surface area is 148 Å². The summed E-state index contributed by atoms with van der Waals surface area (Å²) >= 11 is 0. The van der Waals surface area contributed by atoms with E-state index in [9.17, 15) is 0 Å². The summed E-state index contributed by atoms with van der Waals surface area (Å²) in [6, 6.07) is 8.42. The van der Waals surface area contributed by atoms with E-state index < -0.39 is 0 Å². The molecule has 1 unspecified atom stereocenters. The molecule has 3 heterocycles. The molecule has 0 bridgehead atoms. The van der Waals surface area contributed by atoms with Gasteiger partial charge < -0.3 is 14.3 Å². The monoisotopic (exact) mass is 338 g/mol. The molecule has 25 heavy (non-hydrogen) atoms. The first-order chi connectivity index (χ1) is 12.1. The molecule has 3 aromatic rings. The number of aryl methyl sites for hydroxylation is 2. The first-order valence-electron chi connectivity index (χ1n) is 9.00. The highest BCUT2D eigenvalue weighted by atomic mass is 16.5. The molecule has 1 N–H and O–H groups in total. The summed E-state index contributed by atoms with van der Waals surface area (Å²) in [4.78, 5) is 10.8. The maximum atomic E-state index is 5.32. The van der Waals surface area contributed by atoms with Crippen LogP contribution in [0.2, 0.25) is 0 Å². The van der Waals surface area contributed by atoms with Gasteiger partial charge in [-0.15, -0.1) is 0 Å². The number of methoxy groups -OCH3 is 1. The molecule has 0 amide bonds. The number of fused-ring (bicyclic) bond motifs is 1. The van der Waals surface area contributed by atoms with Crippen molar-refractivity contribution in [3.63, 3.8) is 0 Å². The van der Waals surface area contributed by atoms with Crippen molar-refractivity contribution in [3.05, 3.63) is 47.7 Å². The highest BCUT2D eigenvalue weighted by molar-refractivity contribution is 5.81. The lowest BCUT2D eigenvalue weighted by molar-refractivity contribution is 0.193. The highest BCUT2D eigenvalue weighted by Gasteiger charge is 2.24. The van der Waals surface area contributed by atoms with Crippen LogP contribution in [0.25, 0.3) is 10.9 Å². The Morgan fingerprint density at radius 1 is 1.32 bits per heavy atom. The molecule has 1 aromatic carbocycles. The van der Waals surface area contributed by atoms with E-state index in [0.717, 1.165) is 31.1 Å². The summed E-state index contributed by atoms with van der Waals surface area (Å²) in [7, 11) is 3.82. The minimum atomic E-state index is 0.525. The van der Waals surface area contributed by atoms with Crippen LogP contribution in [0.15, 0.2) is 30.5 Å². The van der Waals surface area contributed by atoms with Crippen LogP contribution in [0.5, 0.6) is 5.75 Å². The number of aromatic amines is 1. The van der Waals surface area contributed by atoms with Gasteiger partial charge in [0, 0.05) is 48.8 Å². The van der Waals surface area contributed by atoms with Crippen LogP contribution in [0, 0.1) is 6.92 Å². The van der Waals surface area contributed by atoms with Gasteiger partial charge in [0.15, 0.2) is 0 Å². The zero-order chi connectivity index (χ0) is 17.4. The predicted molar refractivity (Wildman–Crippen MR) is 100 cm³/mol. The maximum Gasteiger partial charge on any atom is 0.119 e. The standard InChI is InChI=1S/C20H26N4O/c1-14-11-23(2)20(21-14)15-5-4-8-24(12-15)13-17-9-16-10-18(25-3)6-7-19(16)22-17/h6-7,9-11,15,22H,4-5,8,12-13H2,1-3H3. The summed E-state index contributed by atoms with van der Waals surface area (Å²) in [5, 5.41) is 1.21. The minimum absolute atomic E-state index is 0.525. The Morgan fingerprint density at radius 2 is 2.20 bits per heavy atom. The fourth-order valence-electron chi connectivity index (χ4n) is 4.05. The third-order valence-electron chi connectivity index (χ3n) is 5.18. The van der Waals surface area contributed by atoms with Crippen LogP contribution in [-0.4, -0.2) is 39.6 Å². The van der Waals surface area contributed by atoms with Gasteiger partial charge in [-0.2, -0.15) is 0 Å². The number of hydrogen-bond acceptors (Lipinski definition) is 3. The van der Waals surface area contributed by atoms with Crippen molar-refractivity contribution in [1.82, 2.24) is 19.4 Å². The molecule has 1 aliphatic rings. The van der Waals surface area contributed by atoms with Gasteiger partial charge in [-0.25, -0.2) is 4.98 Å². The number of nitrogens with zero attached hydrogens (tertiary/aromatic N) is 3. The number of imidazole rings is 1. The van der Waals surface area contributed by atoms with Gasteiger partial charge in [0.1, 0.15) is 11.6 Å². The number of benzene rings is 1. The van der Waals surface area contributed by atoms with E-state index in [0.29, 0.717) is 5.92 Å². The molecular weight excluding hydrogens is 312 g/mol. The summed E-state index contributed by atoms with van der Waals surface area (Å²) < 4.78 is 7.52. The lowest BCUT2D eigenvalue weighted by Gasteiger charge is -2.32. The van der Waals surface area contributed by atoms with E-state index in [1.165, 1.54) is 35.3 Å². The Hall–Kier alpha value is -2.27. The number of likely N-dealkylation sites (tertiary alicyclic amines) is 1. The van der Waals surface area contributed by atoms with Crippen molar-refractivity contribution >= 4 is 10.9 Å². The topological polar surface area (TPSA) is 46.1 Å². The number of ether oxygens (including phenoxy) is 1. The second-order valence-electron chi connectivity index (χ2n) is 7.17. The molecule has 0 spiro atoms. The second-order valence-corrected chi connectivity index (χ2v) is 7.17. The highest BCUT2D eigenvalue weighted by Crippen LogP contribution is 2.28. The summed E-state index contributed by atoms with van der Waals surface area (Å²) in [5.41, 5.74) is 3.54. The van der Waals surface area contributed by atoms with Crippen molar-refractivity contribution in [1.29, 1.82) is 0 Å². The van der Waals surface area contributed by atoms with E-state index in [4.69, 9.17) is 9.72 Å². The number of hydrogen-bond donors (Lipinski definition) is 1. The van der Waals surface area contributed by atoms with Gasteiger partial charge in [-0.1, -0.05) is 0 Å². The smallest absolute Gasteiger partial charge is 0.119 e. The van der Waals surface area contributed by atoms with Gasteiger partial charge in [0.2, 0.25) is 0 Å². The minimum Gasteiger partial charge on any atom is -0.497 e. The molecule has 0 radical (unpaired) electrons. The molecule has 1 saturated heterocycles. The van der Waals surface area contributed by atoms with Crippen molar-refractivity contribution in [2.75, 3.05) is 20.2 Å². The Bertz CT molecular complexity index is 879. The zero-order valence-electron chi connectivity index (χ0n) is 15.2. The first kappa shape index (κ1) is 16.2. The molecule has 0 saturated carbocycles. The largest absolute Gasteiger partial charge is 0.497 e. The van der Waals surface area contributed by atoms with E-state index >= 15 is 0 Å². The van der Waals surface area contributed by atoms with Gasteiger partial charge in [0.05, 0.1) is 12.8 Å². The fourth-order valence-corrected chi connectivity index (χ4v) is 4.05. The molecule has 2 aromatic heterocycles. The summed E-state index contributed by atoms with van der Waals surface area (Å²) in [6.45, 7) is 5.25. The van der Waals surface area contributed by atoms with Crippen molar-refractivity contribution in [2.24, 2.45) is 7.05 Å². The molecule has 0 aliphatic carbocycles. The fraction of sp³-hybridized carbons (Fsp3) is 0.450. The molecule has 1 atom stereocenters. The van der Waals surface area contributed by atoms with E-state index in [1.54, 1.807) is 7.11 Å². The van der Waals surface area contributed by atoms with Crippen LogP contribution in [0.3, 0.4) is 0 Å². The first-order valence-corrected chi connectivity index (χ1v) is 9.00. The lowest BCUT2D eigenvalue weighted by Crippen LogP contribution is -2.34. The molecule has 1 fully saturated rings. The number of aromatic nitrogens is 3. The summed E-state index contributed by atoms with van der Waals surface area (Å²) in [6.07, 6.45) is 4.58. The average molecular weight is 338 g/mol. The van der Waals surface area contributed by atoms with Gasteiger partial charge in [-0.3, -0.25) is 4.90 Å². The number of H-pyrrole nitrogens is 1. The Kier molecular flexibility index (Phi) is 4.25. The van der Waals surface area contributed by atoms with Crippen LogP contribution in [0.1, 0.15) is 36.0 Å². The van der Waals surface area contributed by atoms with Gasteiger partial charge >= 0.3 is 0 Å². The maximum absolute atomic E-state index is 5.32. The molecule has 5 heteroatoms. The quantitative estimate of drug-likeness (QED) is 0.791. The molecule has 1 aliphatic heterocycles. The summed E-state index contributed by atoms with van der Waals surface area (Å²) in [5.74, 6) is 2.65. The van der Waals surface area contributed by atoms with Crippen LogP contribution < -0.4 is 4.74 Å². The van der Waals surface area contributed by atoms with E-state index in [-0.39, 0.29) is 0 Å². The van der Waals surface area contributed by atoms with Gasteiger partial charge in [0.25, 0.3) is 0 Å². The molecule has 4 rings (SSSR count). The Balaban J connectivity index is 1.49. The predicted octanol–water partition coefficient (Wildman–Crippen LogP) is 3.60. The van der Waals surface area contributed by atoms with E-state index in [1.807, 2.05) is 6.07 Å². The SMILES string of the molecule is COc1ccc2[nH]c(CN3CCCC(c4nc(C)cn4C)C3)cc2c1. The van der Waals surface area contributed by atoms with Crippen LogP contribution in [-0.2, 0) is 13.6 Å². The van der Waals surface area contributed by atoms with Gasteiger partial charge in [-0.05, 0) is 50.6 Å². The zero-order valence-corrected chi connectivity index (χ0v) is 15.2. The number of nitrogens with one attached hydrogen (secondary N) is 1.